The standard InChI is InChI=1S/C20H23BrN2/c21-16-20(22-23-14-6-1-2-7-15-23)19-12-10-18(11-13-19)17-8-4-3-5-9-17/h3-5,8-13H,1-2,6-7,14-16H2/b22-20-. The molecule has 23 heavy (non-hydrogen) atoms. The number of hydrogen-bond donors (Lipinski definition) is 0. The predicted molar refractivity (Wildman–Crippen MR) is 102 cm³/mol. The first-order valence-electron chi connectivity index (χ1n) is 8.41. The Morgan fingerprint density at radius 1 is 0.826 bits per heavy atom. The second-order valence-electron chi connectivity index (χ2n) is 5.99. The first-order chi connectivity index (χ1) is 11.4. The van der Waals surface area contributed by atoms with Gasteiger partial charge in [-0.2, -0.15) is 5.10 Å². The van der Waals surface area contributed by atoms with Gasteiger partial charge in [-0.15, -0.1) is 0 Å². The van der Waals surface area contributed by atoms with Crippen LogP contribution < -0.4 is 0 Å². The van der Waals surface area contributed by atoms with Crippen molar-refractivity contribution in [3.8, 4) is 11.1 Å². The second kappa shape index (κ2) is 8.30. The fraction of sp³-hybridized carbons (Fsp3) is 0.350. The largest absolute Gasteiger partial charge is 0.297 e. The molecule has 1 aliphatic heterocycles. The van der Waals surface area contributed by atoms with E-state index < -0.39 is 0 Å². The van der Waals surface area contributed by atoms with Crippen LogP contribution >= 0.6 is 15.9 Å². The van der Waals surface area contributed by atoms with Crippen molar-refractivity contribution < 1.29 is 0 Å². The maximum atomic E-state index is 4.89. The molecule has 3 heteroatoms. The van der Waals surface area contributed by atoms with Crippen LogP contribution in [0.1, 0.15) is 31.2 Å². The van der Waals surface area contributed by atoms with Gasteiger partial charge in [-0.3, -0.25) is 5.01 Å². The zero-order valence-electron chi connectivity index (χ0n) is 13.4. The molecule has 0 spiro atoms. The van der Waals surface area contributed by atoms with Crippen molar-refractivity contribution in [3.05, 3.63) is 60.2 Å². The zero-order chi connectivity index (χ0) is 15.9. The van der Waals surface area contributed by atoms with E-state index in [0.29, 0.717) is 0 Å². The van der Waals surface area contributed by atoms with Gasteiger partial charge in [-0.1, -0.05) is 83.4 Å². The highest BCUT2D eigenvalue weighted by Gasteiger charge is 2.09. The Hall–Kier alpha value is -1.61. The summed E-state index contributed by atoms with van der Waals surface area (Å²) >= 11 is 3.60. The van der Waals surface area contributed by atoms with E-state index in [4.69, 9.17) is 5.10 Å². The molecule has 3 rings (SSSR count). The molecule has 0 saturated carbocycles. The Kier molecular flexibility index (Phi) is 5.87. The molecule has 2 aromatic carbocycles. The third kappa shape index (κ3) is 4.44. The van der Waals surface area contributed by atoms with Crippen LogP contribution in [0.5, 0.6) is 0 Å². The van der Waals surface area contributed by atoms with E-state index in [-0.39, 0.29) is 0 Å². The average Bonchev–Trinajstić information content (AvgIpc) is 2.89. The Labute approximate surface area is 147 Å². The van der Waals surface area contributed by atoms with Crippen LogP contribution in [0.3, 0.4) is 0 Å². The van der Waals surface area contributed by atoms with Crippen molar-refractivity contribution in [2.75, 3.05) is 18.4 Å². The minimum atomic E-state index is 0.786. The van der Waals surface area contributed by atoms with Gasteiger partial charge in [0.2, 0.25) is 0 Å². The molecule has 0 unspecified atom stereocenters. The highest BCUT2D eigenvalue weighted by atomic mass is 79.9. The summed E-state index contributed by atoms with van der Waals surface area (Å²) < 4.78 is 0. The minimum absolute atomic E-state index is 0.786. The maximum absolute atomic E-state index is 4.89. The highest BCUT2D eigenvalue weighted by Crippen LogP contribution is 2.20. The normalized spacial score (nSPS) is 16.2. The molecule has 120 valence electrons. The lowest BCUT2D eigenvalue weighted by molar-refractivity contribution is 0.301. The van der Waals surface area contributed by atoms with Crippen molar-refractivity contribution in [1.29, 1.82) is 0 Å². The number of halogens is 1. The van der Waals surface area contributed by atoms with Gasteiger partial charge in [0.15, 0.2) is 0 Å². The molecule has 1 heterocycles. The van der Waals surface area contributed by atoms with Crippen molar-refractivity contribution in [1.82, 2.24) is 5.01 Å². The number of benzene rings is 2. The summed E-state index contributed by atoms with van der Waals surface area (Å²) in [6.45, 7) is 2.16. The molecule has 0 atom stereocenters. The summed E-state index contributed by atoms with van der Waals surface area (Å²) in [5.41, 5.74) is 4.82. The number of hydrogen-bond acceptors (Lipinski definition) is 2. The monoisotopic (exact) mass is 370 g/mol. The van der Waals surface area contributed by atoms with E-state index in [9.17, 15) is 0 Å². The van der Waals surface area contributed by atoms with Crippen LogP contribution in [0, 0.1) is 0 Å². The molecule has 0 amide bonds. The van der Waals surface area contributed by atoms with Gasteiger partial charge in [0.1, 0.15) is 0 Å². The molecule has 0 radical (unpaired) electrons. The van der Waals surface area contributed by atoms with Crippen molar-refractivity contribution in [3.63, 3.8) is 0 Å². The molecule has 2 aromatic rings. The van der Waals surface area contributed by atoms with E-state index in [1.807, 2.05) is 0 Å². The van der Waals surface area contributed by atoms with Gasteiger partial charge in [-0.25, -0.2) is 0 Å². The lowest BCUT2D eigenvalue weighted by Crippen LogP contribution is -2.21. The summed E-state index contributed by atoms with van der Waals surface area (Å²) in [6, 6.07) is 19.2. The third-order valence-corrected chi connectivity index (χ3v) is 4.83. The number of hydrazone groups is 1. The first-order valence-corrected chi connectivity index (χ1v) is 9.53. The molecule has 1 fully saturated rings. The fourth-order valence-electron chi connectivity index (χ4n) is 2.97. The number of rotatable bonds is 4. The van der Waals surface area contributed by atoms with Crippen molar-refractivity contribution >= 4 is 21.6 Å². The van der Waals surface area contributed by atoms with E-state index in [1.165, 1.54) is 42.4 Å². The Balaban J connectivity index is 1.78. The maximum Gasteiger partial charge on any atom is 0.0782 e. The van der Waals surface area contributed by atoms with E-state index >= 15 is 0 Å². The Morgan fingerprint density at radius 2 is 1.43 bits per heavy atom. The molecule has 0 aromatic heterocycles. The van der Waals surface area contributed by atoms with Crippen molar-refractivity contribution in [2.45, 2.75) is 25.7 Å². The number of alkyl halides is 1. The van der Waals surface area contributed by atoms with E-state index in [0.717, 1.165) is 24.1 Å². The summed E-state index contributed by atoms with van der Waals surface area (Å²) in [4.78, 5) is 0. The molecule has 0 N–H and O–H groups in total. The third-order valence-electron chi connectivity index (χ3n) is 4.30. The van der Waals surface area contributed by atoms with Crippen LogP contribution in [-0.4, -0.2) is 29.1 Å². The molecular formula is C20H23BrN2. The van der Waals surface area contributed by atoms with Crippen LogP contribution in [0.4, 0.5) is 0 Å². The summed E-state index contributed by atoms with van der Waals surface area (Å²) in [6.07, 6.45) is 5.18. The molecule has 0 bridgehead atoms. The van der Waals surface area contributed by atoms with Crippen LogP contribution in [0.15, 0.2) is 59.7 Å². The van der Waals surface area contributed by atoms with Gasteiger partial charge in [-0.05, 0) is 29.5 Å². The van der Waals surface area contributed by atoms with E-state index in [1.54, 1.807) is 0 Å². The highest BCUT2D eigenvalue weighted by molar-refractivity contribution is 9.09. The van der Waals surface area contributed by atoms with Gasteiger partial charge < -0.3 is 0 Å². The SMILES string of the molecule is BrC/C(=N/N1CCCCCC1)c1ccc(-c2ccccc2)cc1. The molecule has 0 aliphatic carbocycles. The van der Waals surface area contributed by atoms with Crippen LogP contribution in [0.2, 0.25) is 0 Å². The lowest BCUT2D eigenvalue weighted by Gasteiger charge is -2.18. The summed E-state index contributed by atoms with van der Waals surface area (Å²) in [5, 5.41) is 7.92. The zero-order valence-corrected chi connectivity index (χ0v) is 15.0. The molecule has 2 nitrogen and oxygen atoms in total. The average molecular weight is 371 g/mol. The van der Waals surface area contributed by atoms with Crippen molar-refractivity contribution in [2.24, 2.45) is 5.10 Å². The van der Waals surface area contributed by atoms with E-state index in [2.05, 4.69) is 75.5 Å². The topological polar surface area (TPSA) is 15.6 Å². The summed E-state index contributed by atoms with van der Waals surface area (Å²) in [5.74, 6) is 0. The quantitative estimate of drug-likeness (QED) is 0.524. The second-order valence-corrected chi connectivity index (χ2v) is 6.55. The molecule has 1 saturated heterocycles. The molecular weight excluding hydrogens is 348 g/mol. The van der Waals surface area contributed by atoms with Gasteiger partial charge in [0.25, 0.3) is 0 Å². The van der Waals surface area contributed by atoms with Gasteiger partial charge in [0.05, 0.1) is 5.71 Å². The van der Waals surface area contributed by atoms with Gasteiger partial charge in [0, 0.05) is 18.4 Å². The lowest BCUT2D eigenvalue weighted by atomic mass is 10.0. The summed E-state index contributed by atoms with van der Waals surface area (Å²) in [7, 11) is 0. The Bertz CT molecular complexity index is 626. The fourth-order valence-corrected chi connectivity index (χ4v) is 3.41. The molecule has 1 aliphatic rings. The van der Waals surface area contributed by atoms with Crippen LogP contribution in [0.25, 0.3) is 11.1 Å². The van der Waals surface area contributed by atoms with Crippen LogP contribution in [-0.2, 0) is 0 Å². The predicted octanol–water partition coefficient (Wildman–Crippen LogP) is 5.33. The van der Waals surface area contributed by atoms with Gasteiger partial charge >= 0.3 is 0 Å². The number of nitrogens with zero attached hydrogens (tertiary/aromatic N) is 2. The smallest absolute Gasteiger partial charge is 0.0782 e. The first kappa shape index (κ1) is 16.3. The minimum Gasteiger partial charge on any atom is -0.297 e. The Morgan fingerprint density at radius 3 is 2.04 bits per heavy atom.